The lowest BCUT2D eigenvalue weighted by molar-refractivity contribution is -0.243. The maximum atomic E-state index is 6.01. The van der Waals surface area contributed by atoms with E-state index in [0.29, 0.717) is 12.0 Å². The third-order valence-corrected chi connectivity index (χ3v) is 3.17. The van der Waals surface area contributed by atoms with Gasteiger partial charge in [-0.25, -0.2) is 0 Å². The molecule has 0 spiro atoms. The number of hydrogen-bond donors (Lipinski definition) is 0. The second-order valence-corrected chi connectivity index (χ2v) is 5.64. The van der Waals surface area contributed by atoms with E-state index in [9.17, 15) is 0 Å². The predicted molar refractivity (Wildman–Crippen MR) is 71.9 cm³/mol. The fourth-order valence-electron chi connectivity index (χ4n) is 2.18. The maximum Gasteiger partial charge on any atom is 0.158 e. The van der Waals surface area contributed by atoms with Crippen LogP contribution in [-0.4, -0.2) is 18.5 Å². The van der Waals surface area contributed by atoms with E-state index in [2.05, 4.69) is 40.7 Å². The summed E-state index contributed by atoms with van der Waals surface area (Å²) >= 11 is 0. The molecule has 100 valence electrons. The summed E-state index contributed by atoms with van der Waals surface area (Å²) in [5, 5.41) is 0. The average Bonchev–Trinajstić information content (AvgIpc) is 2.25. The van der Waals surface area contributed by atoms with E-state index in [4.69, 9.17) is 9.47 Å². The zero-order valence-corrected chi connectivity index (χ0v) is 12.0. The van der Waals surface area contributed by atoms with Crippen LogP contribution in [-0.2, 0) is 9.47 Å². The maximum absolute atomic E-state index is 6.01. The summed E-state index contributed by atoms with van der Waals surface area (Å²) in [5.74, 6) is 0.566. The van der Waals surface area contributed by atoms with Gasteiger partial charge in [0.05, 0.1) is 12.2 Å². The number of ether oxygens (including phenoxy) is 2. The Balaban J connectivity index is 2.59. The van der Waals surface area contributed by atoms with E-state index in [1.807, 2.05) is 0 Å². The fourth-order valence-corrected chi connectivity index (χ4v) is 2.18. The summed E-state index contributed by atoms with van der Waals surface area (Å²) in [6, 6.07) is 0. The van der Waals surface area contributed by atoms with Gasteiger partial charge in [0.1, 0.15) is 0 Å². The van der Waals surface area contributed by atoms with Crippen LogP contribution < -0.4 is 0 Å². The zero-order chi connectivity index (χ0) is 12.8. The number of hydrogen-bond acceptors (Lipinski definition) is 2. The van der Waals surface area contributed by atoms with Gasteiger partial charge in [-0.1, -0.05) is 38.8 Å². The van der Waals surface area contributed by atoms with Crippen LogP contribution in [0.4, 0.5) is 0 Å². The Morgan fingerprint density at radius 2 is 2.00 bits per heavy atom. The molecule has 2 heteroatoms. The minimum absolute atomic E-state index is 0.00306. The van der Waals surface area contributed by atoms with Crippen molar-refractivity contribution >= 4 is 0 Å². The van der Waals surface area contributed by atoms with Crippen molar-refractivity contribution in [3.05, 3.63) is 11.6 Å². The quantitative estimate of drug-likeness (QED) is 0.667. The minimum atomic E-state index is -0.00306. The molecule has 0 aromatic carbocycles. The Kier molecular flexibility index (Phi) is 6.21. The number of rotatable bonds is 5. The third kappa shape index (κ3) is 5.22. The van der Waals surface area contributed by atoms with Gasteiger partial charge in [0.2, 0.25) is 0 Å². The van der Waals surface area contributed by atoms with Crippen LogP contribution in [0.5, 0.6) is 0 Å². The molecular weight excluding hydrogens is 212 g/mol. The highest BCUT2D eigenvalue weighted by Gasteiger charge is 2.30. The summed E-state index contributed by atoms with van der Waals surface area (Å²) in [6.45, 7) is 10.9. The van der Waals surface area contributed by atoms with Gasteiger partial charge in [-0.3, -0.25) is 0 Å². The lowest BCUT2D eigenvalue weighted by Crippen LogP contribution is -2.39. The highest BCUT2D eigenvalue weighted by atomic mass is 16.7. The van der Waals surface area contributed by atoms with Crippen molar-refractivity contribution in [1.82, 2.24) is 0 Å². The van der Waals surface area contributed by atoms with E-state index in [1.54, 1.807) is 0 Å². The van der Waals surface area contributed by atoms with Gasteiger partial charge in [-0.2, -0.15) is 0 Å². The lowest BCUT2D eigenvalue weighted by Gasteiger charge is -2.36. The summed E-state index contributed by atoms with van der Waals surface area (Å²) < 4.78 is 12.0. The smallest absolute Gasteiger partial charge is 0.158 e. The van der Waals surface area contributed by atoms with Crippen LogP contribution in [0.3, 0.4) is 0 Å². The van der Waals surface area contributed by atoms with Gasteiger partial charge in [-0.05, 0) is 32.6 Å². The van der Waals surface area contributed by atoms with Crippen molar-refractivity contribution in [2.45, 2.75) is 78.8 Å². The highest BCUT2D eigenvalue weighted by molar-refractivity contribution is 5.00. The average molecular weight is 240 g/mol. The first kappa shape index (κ1) is 14.7. The van der Waals surface area contributed by atoms with E-state index >= 15 is 0 Å². The molecule has 1 heterocycles. The van der Waals surface area contributed by atoms with Crippen molar-refractivity contribution in [3.8, 4) is 0 Å². The van der Waals surface area contributed by atoms with E-state index in [0.717, 1.165) is 12.8 Å². The molecule has 0 saturated carbocycles. The summed E-state index contributed by atoms with van der Waals surface area (Å²) in [7, 11) is 0. The van der Waals surface area contributed by atoms with Crippen molar-refractivity contribution < 1.29 is 9.47 Å². The zero-order valence-electron chi connectivity index (χ0n) is 12.0. The second kappa shape index (κ2) is 7.17. The monoisotopic (exact) mass is 240 g/mol. The van der Waals surface area contributed by atoms with Crippen LogP contribution in [0.2, 0.25) is 0 Å². The Labute approximate surface area is 106 Å². The molecule has 0 bridgehead atoms. The molecular formula is C15H28O2. The van der Waals surface area contributed by atoms with Gasteiger partial charge in [-0.15, -0.1) is 0 Å². The van der Waals surface area contributed by atoms with Crippen LogP contribution in [0.15, 0.2) is 11.6 Å². The highest BCUT2D eigenvalue weighted by Crippen LogP contribution is 2.27. The molecule has 0 aliphatic carbocycles. The standard InChI is InChI=1S/C15H28O2/c1-6-7-8-15-16-13(9-11(2)3)10-14(17-15)12(4)5/h9,12-15H,6-8,10H2,1-5H3. The van der Waals surface area contributed by atoms with Crippen molar-refractivity contribution in [2.75, 3.05) is 0 Å². The van der Waals surface area contributed by atoms with Crippen molar-refractivity contribution in [1.29, 1.82) is 0 Å². The van der Waals surface area contributed by atoms with Crippen LogP contribution in [0.1, 0.15) is 60.3 Å². The normalized spacial score (nSPS) is 29.4. The Morgan fingerprint density at radius 3 is 2.53 bits per heavy atom. The Morgan fingerprint density at radius 1 is 1.29 bits per heavy atom. The summed E-state index contributed by atoms with van der Waals surface area (Å²) in [5.41, 5.74) is 1.33. The topological polar surface area (TPSA) is 18.5 Å². The molecule has 1 aliphatic heterocycles. The Hall–Kier alpha value is -0.340. The molecule has 0 radical (unpaired) electrons. The molecule has 1 saturated heterocycles. The van der Waals surface area contributed by atoms with Crippen LogP contribution in [0, 0.1) is 5.92 Å². The predicted octanol–water partition coefficient (Wildman–Crippen LogP) is 4.30. The molecule has 1 fully saturated rings. The first-order chi connectivity index (χ1) is 8.02. The van der Waals surface area contributed by atoms with E-state index in [-0.39, 0.29) is 12.4 Å². The van der Waals surface area contributed by atoms with Crippen LogP contribution in [0.25, 0.3) is 0 Å². The van der Waals surface area contributed by atoms with E-state index in [1.165, 1.54) is 18.4 Å². The molecule has 2 nitrogen and oxygen atoms in total. The number of allylic oxidation sites excluding steroid dienone is 1. The van der Waals surface area contributed by atoms with E-state index < -0.39 is 0 Å². The first-order valence-electron chi connectivity index (χ1n) is 6.98. The van der Waals surface area contributed by atoms with Gasteiger partial charge in [0, 0.05) is 6.42 Å². The number of unbranched alkanes of at least 4 members (excludes halogenated alkanes) is 1. The largest absolute Gasteiger partial charge is 0.349 e. The van der Waals surface area contributed by atoms with Crippen molar-refractivity contribution in [3.63, 3.8) is 0 Å². The third-order valence-electron chi connectivity index (χ3n) is 3.17. The molecule has 0 aromatic heterocycles. The molecule has 3 atom stereocenters. The first-order valence-corrected chi connectivity index (χ1v) is 6.98. The fraction of sp³-hybridized carbons (Fsp3) is 0.867. The molecule has 0 aromatic rings. The van der Waals surface area contributed by atoms with Gasteiger partial charge in [0.25, 0.3) is 0 Å². The van der Waals surface area contributed by atoms with Crippen molar-refractivity contribution in [2.24, 2.45) is 5.92 Å². The molecule has 1 aliphatic rings. The lowest BCUT2D eigenvalue weighted by atomic mass is 9.98. The Bertz CT molecular complexity index is 241. The minimum Gasteiger partial charge on any atom is -0.349 e. The molecule has 1 rings (SSSR count). The second-order valence-electron chi connectivity index (χ2n) is 5.64. The summed E-state index contributed by atoms with van der Waals surface area (Å²) in [6.07, 6.45) is 7.19. The van der Waals surface area contributed by atoms with Gasteiger partial charge >= 0.3 is 0 Å². The SMILES string of the molecule is CCCCC1OC(C=C(C)C)CC(C(C)C)O1. The molecule has 3 unspecified atom stereocenters. The summed E-state index contributed by atoms with van der Waals surface area (Å²) in [4.78, 5) is 0. The molecule has 0 amide bonds. The van der Waals surface area contributed by atoms with Gasteiger partial charge < -0.3 is 9.47 Å². The molecule has 17 heavy (non-hydrogen) atoms. The van der Waals surface area contributed by atoms with Crippen LogP contribution >= 0.6 is 0 Å². The molecule has 0 N–H and O–H groups in total. The van der Waals surface area contributed by atoms with Gasteiger partial charge in [0.15, 0.2) is 6.29 Å².